The largest absolute Gasteiger partial charge is 0.423 e. The number of hydrogen-bond donors (Lipinski definition) is 1. The van der Waals surface area contributed by atoms with Crippen molar-refractivity contribution in [3.63, 3.8) is 0 Å². The predicted octanol–water partition coefficient (Wildman–Crippen LogP) is 6.43. The highest BCUT2D eigenvalue weighted by Crippen LogP contribution is 2.36. The van der Waals surface area contributed by atoms with Gasteiger partial charge < -0.3 is 19.4 Å². The maximum Gasteiger partial charge on any atom is 0.220 e. The number of aromatic nitrogens is 1. The van der Waals surface area contributed by atoms with Crippen LogP contribution in [0.5, 0.6) is 0 Å². The van der Waals surface area contributed by atoms with Crippen molar-refractivity contribution in [3.8, 4) is 0 Å². The molecule has 36 heavy (non-hydrogen) atoms. The van der Waals surface area contributed by atoms with E-state index in [0.29, 0.717) is 25.7 Å². The van der Waals surface area contributed by atoms with Crippen LogP contribution in [0.25, 0.3) is 0 Å². The maximum absolute atomic E-state index is 13.5. The van der Waals surface area contributed by atoms with E-state index < -0.39 is 0 Å². The van der Waals surface area contributed by atoms with Crippen LogP contribution in [0.3, 0.4) is 0 Å². The fourth-order valence-corrected chi connectivity index (χ4v) is 5.52. The van der Waals surface area contributed by atoms with E-state index in [1.165, 1.54) is 62.6 Å². The lowest BCUT2D eigenvalue weighted by Gasteiger charge is -2.28. The second-order valence-corrected chi connectivity index (χ2v) is 10.2. The Kier molecular flexibility index (Phi) is 8.68. The molecular formula is C30H38FN3O2. The summed E-state index contributed by atoms with van der Waals surface area (Å²) in [5, 5.41) is 3.78. The Balaban J connectivity index is 1.45. The Morgan fingerprint density at radius 3 is 2.31 bits per heavy atom. The van der Waals surface area contributed by atoms with Crippen LogP contribution in [-0.2, 0) is 17.7 Å². The number of oxazole rings is 1. The van der Waals surface area contributed by atoms with Crippen LogP contribution < -0.4 is 10.2 Å². The molecule has 1 aliphatic carbocycles. The van der Waals surface area contributed by atoms with E-state index in [2.05, 4.69) is 34.5 Å². The lowest BCUT2D eigenvalue weighted by Crippen LogP contribution is -2.36. The van der Waals surface area contributed by atoms with Gasteiger partial charge in [0, 0.05) is 26.1 Å². The van der Waals surface area contributed by atoms with Crippen LogP contribution in [0, 0.1) is 11.7 Å². The third kappa shape index (κ3) is 6.54. The molecule has 1 aromatic heterocycles. The highest BCUT2D eigenvalue weighted by Gasteiger charge is 2.31. The molecule has 1 atom stereocenters. The molecule has 0 amide bonds. The first-order valence-corrected chi connectivity index (χ1v) is 13.6. The van der Waals surface area contributed by atoms with E-state index >= 15 is 0 Å². The first kappa shape index (κ1) is 25.0. The van der Waals surface area contributed by atoms with Gasteiger partial charge in [-0.15, -0.1) is 0 Å². The second kappa shape index (κ2) is 12.5. The number of benzene rings is 2. The minimum Gasteiger partial charge on any atom is -0.423 e. The molecule has 6 heteroatoms. The van der Waals surface area contributed by atoms with Crippen LogP contribution in [0.15, 0.2) is 59.0 Å². The van der Waals surface area contributed by atoms with Gasteiger partial charge in [-0.25, -0.2) is 9.37 Å². The molecule has 2 fully saturated rings. The quantitative estimate of drug-likeness (QED) is 0.393. The predicted molar refractivity (Wildman–Crippen MR) is 141 cm³/mol. The highest BCUT2D eigenvalue weighted by molar-refractivity contribution is 5.44. The molecule has 1 unspecified atom stereocenters. The zero-order chi connectivity index (χ0) is 24.6. The normalized spacial score (nSPS) is 18.5. The molecule has 1 N–H and O–H groups in total. The summed E-state index contributed by atoms with van der Waals surface area (Å²) in [6.45, 7) is 3.69. The average Bonchev–Trinajstić information content (AvgIpc) is 3.30. The van der Waals surface area contributed by atoms with Crippen molar-refractivity contribution in [2.24, 2.45) is 5.92 Å². The standard InChI is InChI=1S/C30H38FN3O2/c31-26-15-13-24(14-16-26)22-32-28(25-11-7-2-1-3-8-12-25)29-33-27(21-23-9-5-4-6-10-23)30(36-29)34-17-19-35-20-18-34/h4-6,9-10,13-16,25,28,32H,1-3,7-8,11-12,17-22H2. The number of ether oxygens (including phenoxy) is 1. The van der Waals surface area contributed by atoms with Gasteiger partial charge in [-0.3, -0.25) is 0 Å². The minimum atomic E-state index is -0.205. The smallest absolute Gasteiger partial charge is 0.220 e. The van der Waals surface area contributed by atoms with Gasteiger partial charge in [0.25, 0.3) is 0 Å². The third-order valence-electron chi connectivity index (χ3n) is 7.53. The molecule has 0 bridgehead atoms. The van der Waals surface area contributed by atoms with Crippen molar-refractivity contribution < 1.29 is 13.5 Å². The average molecular weight is 492 g/mol. The van der Waals surface area contributed by atoms with Gasteiger partial charge >= 0.3 is 0 Å². The first-order chi connectivity index (χ1) is 17.8. The highest BCUT2D eigenvalue weighted by atomic mass is 19.1. The van der Waals surface area contributed by atoms with E-state index in [0.717, 1.165) is 42.5 Å². The lowest BCUT2D eigenvalue weighted by atomic mass is 9.85. The molecule has 192 valence electrons. The molecule has 0 spiro atoms. The maximum atomic E-state index is 13.5. The summed E-state index contributed by atoms with van der Waals surface area (Å²) in [6.07, 6.45) is 9.50. The summed E-state index contributed by atoms with van der Waals surface area (Å²) < 4.78 is 25.7. The molecule has 5 nitrogen and oxygen atoms in total. The summed E-state index contributed by atoms with van der Waals surface area (Å²) in [6, 6.07) is 17.3. The fraction of sp³-hybridized carbons (Fsp3) is 0.500. The Bertz CT molecular complexity index is 1060. The second-order valence-electron chi connectivity index (χ2n) is 10.2. The Hall–Kier alpha value is -2.70. The van der Waals surface area contributed by atoms with Gasteiger partial charge in [-0.05, 0) is 42.0 Å². The van der Waals surface area contributed by atoms with Gasteiger partial charge in [0.1, 0.15) is 11.5 Å². The van der Waals surface area contributed by atoms with Gasteiger partial charge in [-0.2, -0.15) is 0 Å². The van der Waals surface area contributed by atoms with E-state index in [4.69, 9.17) is 14.1 Å². The van der Waals surface area contributed by atoms with Crippen LogP contribution in [-0.4, -0.2) is 31.3 Å². The number of halogens is 1. The number of hydrogen-bond acceptors (Lipinski definition) is 5. The van der Waals surface area contributed by atoms with Gasteiger partial charge in [-0.1, -0.05) is 74.6 Å². The van der Waals surface area contributed by atoms with E-state index in [-0.39, 0.29) is 11.9 Å². The molecule has 1 aliphatic heterocycles. The summed E-state index contributed by atoms with van der Waals surface area (Å²) in [5.41, 5.74) is 3.29. The van der Waals surface area contributed by atoms with Crippen molar-refractivity contribution in [1.82, 2.24) is 10.3 Å². The number of nitrogens with zero attached hydrogens (tertiary/aromatic N) is 2. The summed E-state index contributed by atoms with van der Waals surface area (Å²) >= 11 is 0. The Morgan fingerprint density at radius 2 is 1.58 bits per heavy atom. The fourth-order valence-electron chi connectivity index (χ4n) is 5.52. The molecule has 3 aromatic rings. The van der Waals surface area contributed by atoms with Crippen LogP contribution in [0.4, 0.5) is 10.3 Å². The monoisotopic (exact) mass is 491 g/mol. The molecule has 0 radical (unpaired) electrons. The number of nitrogens with one attached hydrogen (secondary N) is 1. The molecule has 5 rings (SSSR count). The van der Waals surface area contributed by atoms with Gasteiger partial charge in [0.05, 0.1) is 19.3 Å². The van der Waals surface area contributed by atoms with E-state index in [9.17, 15) is 4.39 Å². The van der Waals surface area contributed by atoms with Crippen LogP contribution in [0.2, 0.25) is 0 Å². The Labute approximate surface area is 214 Å². The lowest BCUT2D eigenvalue weighted by molar-refractivity contribution is 0.120. The zero-order valence-electron chi connectivity index (χ0n) is 21.1. The van der Waals surface area contributed by atoms with E-state index in [1.807, 2.05) is 18.2 Å². The topological polar surface area (TPSA) is 50.5 Å². The number of rotatable bonds is 8. The van der Waals surface area contributed by atoms with Crippen LogP contribution >= 0.6 is 0 Å². The van der Waals surface area contributed by atoms with Gasteiger partial charge in [0.2, 0.25) is 11.8 Å². The van der Waals surface area contributed by atoms with Crippen LogP contribution in [0.1, 0.15) is 73.7 Å². The molecule has 1 saturated heterocycles. The minimum absolute atomic E-state index is 0.0254. The van der Waals surface area contributed by atoms with Gasteiger partial charge in [0.15, 0.2) is 0 Å². The number of anilines is 1. The van der Waals surface area contributed by atoms with E-state index in [1.54, 1.807) is 0 Å². The zero-order valence-corrected chi connectivity index (χ0v) is 21.1. The summed E-state index contributed by atoms with van der Waals surface area (Å²) in [7, 11) is 0. The summed E-state index contributed by atoms with van der Waals surface area (Å²) in [5.74, 6) is 1.93. The molecule has 2 aromatic carbocycles. The molecule has 2 heterocycles. The van der Waals surface area contributed by atoms with Crippen molar-refractivity contribution in [1.29, 1.82) is 0 Å². The third-order valence-corrected chi connectivity index (χ3v) is 7.53. The van der Waals surface area contributed by atoms with Crippen molar-refractivity contribution >= 4 is 5.88 Å². The molecular weight excluding hydrogens is 453 g/mol. The Morgan fingerprint density at radius 1 is 0.889 bits per heavy atom. The molecule has 1 saturated carbocycles. The van der Waals surface area contributed by atoms with Crippen molar-refractivity contribution in [2.75, 3.05) is 31.2 Å². The first-order valence-electron chi connectivity index (χ1n) is 13.6. The van der Waals surface area contributed by atoms with Crippen molar-refractivity contribution in [2.45, 2.75) is 64.0 Å². The number of morpholine rings is 1. The van der Waals surface area contributed by atoms with Crippen molar-refractivity contribution in [3.05, 3.63) is 83.1 Å². The SMILES string of the molecule is Fc1ccc(CNC(c2nc(Cc3ccccc3)c(N3CCOCC3)o2)C2CCCCCCC2)cc1. The molecule has 2 aliphatic rings. The summed E-state index contributed by atoms with van der Waals surface area (Å²) in [4.78, 5) is 7.45.